The Morgan fingerprint density at radius 3 is 2.23 bits per heavy atom. The van der Waals surface area contributed by atoms with E-state index in [0.29, 0.717) is 12.3 Å². The Balaban J connectivity index is 2.16. The van der Waals surface area contributed by atoms with Crippen molar-refractivity contribution in [1.82, 2.24) is 10.2 Å². The molecular weight excluding hydrogens is 376 g/mol. The number of benzene rings is 2. The predicted molar refractivity (Wildman–Crippen MR) is 120 cm³/mol. The molecule has 0 bridgehead atoms. The lowest BCUT2D eigenvalue weighted by molar-refractivity contribution is -0.142. The third-order valence-corrected chi connectivity index (χ3v) is 5.26. The second-order valence-electron chi connectivity index (χ2n) is 7.98. The summed E-state index contributed by atoms with van der Waals surface area (Å²) in [4.78, 5) is 27.4. The predicted octanol–water partition coefficient (Wildman–Crippen LogP) is 4.52. The van der Waals surface area contributed by atoms with E-state index in [1.54, 1.807) is 11.8 Å². The van der Waals surface area contributed by atoms with Gasteiger partial charge in [-0.1, -0.05) is 69.3 Å². The maximum atomic E-state index is 13.1. The smallest absolute Gasteiger partial charge is 0.261 e. The fourth-order valence-corrected chi connectivity index (χ4v) is 3.14. The highest BCUT2D eigenvalue weighted by Gasteiger charge is 2.27. The van der Waals surface area contributed by atoms with Crippen LogP contribution in [0, 0.1) is 0 Å². The number of hydrogen-bond acceptors (Lipinski definition) is 3. The topological polar surface area (TPSA) is 58.6 Å². The van der Waals surface area contributed by atoms with E-state index in [-0.39, 0.29) is 30.4 Å². The fourth-order valence-electron chi connectivity index (χ4n) is 3.14. The molecule has 162 valence electrons. The lowest BCUT2D eigenvalue weighted by Gasteiger charge is -2.29. The molecule has 1 N–H and O–H groups in total. The standard InChI is InChI=1S/C25H34N2O3/c1-6-19(4)26-25(29)20(5)27(16-21-12-8-7-9-13-21)24(28)17-30-23-15-11-10-14-22(23)18(2)3/h7-15,18-20H,6,16-17H2,1-5H3,(H,26,29). The van der Waals surface area contributed by atoms with Crippen LogP contribution in [0.25, 0.3) is 0 Å². The Hall–Kier alpha value is -2.82. The van der Waals surface area contributed by atoms with Gasteiger partial charge in [0.25, 0.3) is 5.91 Å². The summed E-state index contributed by atoms with van der Waals surface area (Å²) < 4.78 is 5.89. The molecule has 2 amide bonds. The van der Waals surface area contributed by atoms with Crippen molar-refractivity contribution in [2.75, 3.05) is 6.61 Å². The molecule has 0 aliphatic rings. The first-order valence-corrected chi connectivity index (χ1v) is 10.7. The van der Waals surface area contributed by atoms with Gasteiger partial charge < -0.3 is 15.0 Å². The first-order chi connectivity index (χ1) is 14.3. The molecule has 30 heavy (non-hydrogen) atoms. The Morgan fingerprint density at radius 2 is 1.60 bits per heavy atom. The van der Waals surface area contributed by atoms with Gasteiger partial charge in [-0.05, 0) is 43.4 Å². The molecule has 2 rings (SSSR count). The first-order valence-electron chi connectivity index (χ1n) is 10.7. The molecule has 5 nitrogen and oxygen atoms in total. The van der Waals surface area contributed by atoms with Crippen LogP contribution in [-0.2, 0) is 16.1 Å². The number of amides is 2. The van der Waals surface area contributed by atoms with E-state index in [1.165, 1.54) is 0 Å². The monoisotopic (exact) mass is 410 g/mol. The van der Waals surface area contributed by atoms with Crippen molar-refractivity contribution in [3.63, 3.8) is 0 Å². The molecule has 0 aliphatic carbocycles. The van der Waals surface area contributed by atoms with Crippen molar-refractivity contribution in [1.29, 1.82) is 0 Å². The number of nitrogens with one attached hydrogen (secondary N) is 1. The normalized spacial score (nSPS) is 12.9. The number of para-hydroxylation sites is 1. The number of hydrogen-bond donors (Lipinski definition) is 1. The van der Waals surface area contributed by atoms with Crippen LogP contribution in [0.3, 0.4) is 0 Å². The highest BCUT2D eigenvalue weighted by Crippen LogP contribution is 2.26. The van der Waals surface area contributed by atoms with Gasteiger partial charge in [-0.3, -0.25) is 9.59 Å². The second kappa shape index (κ2) is 11.4. The third kappa shape index (κ3) is 6.61. The average molecular weight is 411 g/mol. The van der Waals surface area contributed by atoms with Gasteiger partial charge in [0.1, 0.15) is 11.8 Å². The Bertz CT molecular complexity index is 820. The molecular formula is C25H34N2O3. The van der Waals surface area contributed by atoms with E-state index in [9.17, 15) is 9.59 Å². The van der Waals surface area contributed by atoms with E-state index in [4.69, 9.17) is 4.74 Å². The van der Waals surface area contributed by atoms with Crippen LogP contribution >= 0.6 is 0 Å². The van der Waals surface area contributed by atoms with Crippen LogP contribution in [0.1, 0.15) is 58.1 Å². The quantitative estimate of drug-likeness (QED) is 0.626. The number of rotatable bonds is 10. The maximum absolute atomic E-state index is 13.1. The molecule has 0 heterocycles. The van der Waals surface area contributed by atoms with E-state index in [1.807, 2.05) is 68.4 Å². The van der Waals surface area contributed by atoms with E-state index < -0.39 is 6.04 Å². The fraction of sp³-hybridized carbons (Fsp3) is 0.440. The molecule has 0 aliphatic heterocycles. The van der Waals surface area contributed by atoms with Crippen LogP contribution < -0.4 is 10.1 Å². The summed E-state index contributed by atoms with van der Waals surface area (Å²) in [5, 5.41) is 2.97. The number of nitrogens with zero attached hydrogens (tertiary/aromatic N) is 1. The molecule has 2 atom stereocenters. The van der Waals surface area contributed by atoms with Crippen molar-refractivity contribution < 1.29 is 14.3 Å². The van der Waals surface area contributed by atoms with Gasteiger partial charge in [0.15, 0.2) is 6.61 Å². The third-order valence-electron chi connectivity index (χ3n) is 5.26. The van der Waals surface area contributed by atoms with Crippen molar-refractivity contribution >= 4 is 11.8 Å². The van der Waals surface area contributed by atoms with Gasteiger partial charge in [0.05, 0.1) is 0 Å². The summed E-state index contributed by atoms with van der Waals surface area (Å²) in [6, 6.07) is 16.9. The van der Waals surface area contributed by atoms with Crippen LogP contribution in [0.15, 0.2) is 54.6 Å². The SMILES string of the molecule is CCC(C)NC(=O)C(C)N(Cc1ccccc1)C(=O)COc1ccccc1C(C)C. The van der Waals surface area contributed by atoms with Crippen molar-refractivity contribution in [2.45, 2.75) is 65.6 Å². The van der Waals surface area contributed by atoms with Gasteiger partial charge in [-0.2, -0.15) is 0 Å². The van der Waals surface area contributed by atoms with Crippen molar-refractivity contribution in [2.24, 2.45) is 0 Å². The Morgan fingerprint density at radius 1 is 0.967 bits per heavy atom. The average Bonchev–Trinajstić information content (AvgIpc) is 2.75. The van der Waals surface area contributed by atoms with Gasteiger partial charge >= 0.3 is 0 Å². The van der Waals surface area contributed by atoms with E-state index in [2.05, 4.69) is 19.2 Å². The molecule has 2 aromatic carbocycles. The Labute approximate surface area is 180 Å². The zero-order chi connectivity index (χ0) is 22.1. The summed E-state index contributed by atoms with van der Waals surface area (Å²) >= 11 is 0. The molecule has 0 fully saturated rings. The lowest BCUT2D eigenvalue weighted by Crippen LogP contribution is -2.50. The number of ether oxygens (including phenoxy) is 1. The highest BCUT2D eigenvalue weighted by atomic mass is 16.5. The maximum Gasteiger partial charge on any atom is 0.261 e. The summed E-state index contributed by atoms with van der Waals surface area (Å²) in [6.07, 6.45) is 0.834. The van der Waals surface area contributed by atoms with Gasteiger partial charge in [-0.25, -0.2) is 0 Å². The van der Waals surface area contributed by atoms with Crippen LogP contribution in [-0.4, -0.2) is 35.4 Å². The minimum absolute atomic E-state index is 0.0581. The lowest BCUT2D eigenvalue weighted by atomic mass is 10.0. The molecule has 0 radical (unpaired) electrons. The minimum Gasteiger partial charge on any atom is -0.483 e. The first kappa shape index (κ1) is 23.5. The second-order valence-corrected chi connectivity index (χ2v) is 7.98. The number of carbonyl (C=O) groups excluding carboxylic acids is 2. The molecule has 0 saturated carbocycles. The van der Waals surface area contributed by atoms with Crippen LogP contribution in [0.4, 0.5) is 0 Å². The molecule has 0 spiro atoms. The summed E-state index contributed by atoms with van der Waals surface area (Å²) in [6.45, 7) is 10.2. The minimum atomic E-state index is -0.601. The zero-order valence-electron chi connectivity index (χ0n) is 18.7. The zero-order valence-corrected chi connectivity index (χ0v) is 18.7. The van der Waals surface area contributed by atoms with Crippen LogP contribution in [0.2, 0.25) is 0 Å². The van der Waals surface area contributed by atoms with E-state index in [0.717, 1.165) is 17.5 Å². The van der Waals surface area contributed by atoms with Gasteiger partial charge in [-0.15, -0.1) is 0 Å². The van der Waals surface area contributed by atoms with Gasteiger partial charge in [0.2, 0.25) is 5.91 Å². The van der Waals surface area contributed by atoms with E-state index >= 15 is 0 Å². The molecule has 5 heteroatoms. The summed E-state index contributed by atoms with van der Waals surface area (Å²) in [7, 11) is 0. The molecule has 0 aromatic heterocycles. The summed E-state index contributed by atoms with van der Waals surface area (Å²) in [5.74, 6) is 0.620. The largest absolute Gasteiger partial charge is 0.483 e. The van der Waals surface area contributed by atoms with Crippen LogP contribution in [0.5, 0.6) is 5.75 Å². The Kier molecular flexibility index (Phi) is 8.90. The van der Waals surface area contributed by atoms with Crippen molar-refractivity contribution in [3.8, 4) is 5.75 Å². The van der Waals surface area contributed by atoms with Crippen molar-refractivity contribution in [3.05, 3.63) is 65.7 Å². The molecule has 2 unspecified atom stereocenters. The van der Waals surface area contributed by atoms with Gasteiger partial charge in [0, 0.05) is 12.6 Å². The highest BCUT2D eigenvalue weighted by molar-refractivity contribution is 5.88. The molecule has 2 aromatic rings. The summed E-state index contributed by atoms with van der Waals surface area (Å²) in [5.41, 5.74) is 2.03. The number of carbonyl (C=O) groups is 2. The molecule has 0 saturated heterocycles.